The summed E-state index contributed by atoms with van der Waals surface area (Å²) < 4.78 is 5.30. The fourth-order valence-electron chi connectivity index (χ4n) is 2.64. The summed E-state index contributed by atoms with van der Waals surface area (Å²) in [5.74, 6) is -1.48. The Morgan fingerprint density at radius 3 is 2.16 bits per heavy atom. The second-order valence-electron chi connectivity index (χ2n) is 5.60. The van der Waals surface area contributed by atoms with Gasteiger partial charge in [0.2, 0.25) is 0 Å². The minimum Gasteiger partial charge on any atom is -0.484 e. The molecule has 0 atom stereocenters. The maximum atomic E-state index is 12.4. The zero-order chi connectivity index (χ0) is 17.8. The van der Waals surface area contributed by atoms with E-state index in [2.05, 4.69) is 10.5 Å². The van der Waals surface area contributed by atoms with Gasteiger partial charge in [-0.05, 0) is 19.1 Å². The third-order valence-corrected chi connectivity index (χ3v) is 3.87. The Labute approximate surface area is 144 Å². The molecular formula is C19H16N2O4. The number of benzene rings is 2. The van der Waals surface area contributed by atoms with Crippen molar-refractivity contribution in [3.05, 3.63) is 65.7 Å². The Morgan fingerprint density at radius 2 is 1.56 bits per heavy atom. The quantitative estimate of drug-likeness (QED) is 0.515. The van der Waals surface area contributed by atoms with Crippen LogP contribution in [0.1, 0.15) is 27.6 Å². The molecule has 0 aliphatic heterocycles. The molecule has 0 heterocycles. The SMILES string of the molecule is C/C(=N/NC(=O)COc1ccccc1)C1C(=O)c2ccccc2C1=O. The molecule has 0 unspecified atom stereocenters. The maximum Gasteiger partial charge on any atom is 0.277 e. The fraction of sp³-hybridized carbons (Fsp3) is 0.158. The van der Waals surface area contributed by atoms with Gasteiger partial charge in [-0.3, -0.25) is 14.4 Å². The molecule has 1 amide bonds. The summed E-state index contributed by atoms with van der Waals surface area (Å²) in [7, 11) is 0. The summed E-state index contributed by atoms with van der Waals surface area (Å²) >= 11 is 0. The van der Waals surface area contributed by atoms with Crippen LogP contribution >= 0.6 is 0 Å². The second kappa shape index (κ2) is 7.09. The molecule has 0 radical (unpaired) electrons. The molecule has 1 aliphatic carbocycles. The van der Waals surface area contributed by atoms with E-state index < -0.39 is 11.8 Å². The van der Waals surface area contributed by atoms with E-state index >= 15 is 0 Å². The van der Waals surface area contributed by atoms with Crippen molar-refractivity contribution in [3.8, 4) is 5.75 Å². The predicted molar refractivity (Wildman–Crippen MR) is 91.8 cm³/mol. The summed E-state index contributed by atoms with van der Waals surface area (Å²) in [6.07, 6.45) is 0. The molecule has 0 aromatic heterocycles. The summed E-state index contributed by atoms with van der Waals surface area (Å²) in [5.41, 5.74) is 3.35. The number of ketones is 2. The van der Waals surface area contributed by atoms with Gasteiger partial charge in [-0.15, -0.1) is 0 Å². The van der Waals surface area contributed by atoms with Crippen molar-refractivity contribution < 1.29 is 19.1 Å². The number of hydrogen-bond acceptors (Lipinski definition) is 5. The summed E-state index contributed by atoms with van der Waals surface area (Å²) in [5, 5.41) is 3.90. The van der Waals surface area contributed by atoms with Gasteiger partial charge in [0.1, 0.15) is 11.7 Å². The van der Waals surface area contributed by atoms with Crippen molar-refractivity contribution in [3.63, 3.8) is 0 Å². The zero-order valence-corrected chi connectivity index (χ0v) is 13.6. The first-order valence-electron chi connectivity index (χ1n) is 7.76. The molecule has 3 rings (SSSR count). The Hall–Kier alpha value is -3.28. The topological polar surface area (TPSA) is 84.8 Å². The molecule has 25 heavy (non-hydrogen) atoms. The lowest BCUT2D eigenvalue weighted by Gasteiger charge is -2.08. The first-order chi connectivity index (χ1) is 12.1. The number of nitrogens with zero attached hydrogens (tertiary/aromatic N) is 1. The summed E-state index contributed by atoms with van der Waals surface area (Å²) in [6, 6.07) is 15.6. The van der Waals surface area contributed by atoms with E-state index in [9.17, 15) is 14.4 Å². The third-order valence-electron chi connectivity index (χ3n) is 3.87. The standard InChI is InChI=1S/C19H16N2O4/c1-12(17-18(23)14-9-5-6-10-15(14)19(17)24)20-21-16(22)11-25-13-7-3-2-4-8-13/h2-10,17H,11H2,1H3,(H,21,22)/b20-12-. The number of ether oxygens (including phenoxy) is 1. The Kier molecular flexibility index (Phi) is 4.70. The van der Waals surface area contributed by atoms with E-state index in [1.165, 1.54) is 0 Å². The highest BCUT2D eigenvalue weighted by molar-refractivity contribution is 6.36. The molecule has 0 saturated heterocycles. The van der Waals surface area contributed by atoms with Gasteiger partial charge in [0.25, 0.3) is 5.91 Å². The molecule has 6 nitrogen and oxygen atoms in total. The van der Waals surface area contributed by atoms with Crippen molar-refractivity contribution in [2.24, 2.45) is 11.0 Å². The Bertz CT molecular complexity index is 824. The molecule has 126 valence electrons. The largest absolute Gasteiger partial charge is 0.484 e. The molecule has 1 N–H and O–H groups in total. The van der Waals surface area contributed by atoms with Crippen LogP contribution in [0.2, 0.25) is 0 Å². The predicted octanol–water partition coefficient (Wildman–Crippen LogP) is 2.25. The highest BCUT2D eigenvalue weighted by atomic mass is 16.5. The number of nitrogens with one attached hydrogen (secondary N) is 1. The highest BCUT2D eigenvalue weighted by Crippen LogP contribution is 2.27. The normalized spacial score (nSPS) is 14.4. The lowest BCUT2D eigenvalue weighted by molar-refractivity contribution is -0.123. The van der Waals surface area contributed by atoms with Gasteiger partial charge in [0.15, 0.2) is 18.2 Å². The fourth-order valence-corrected chi connectivity index (χ4v) is 2.64. The van der Waals surface area contributed by atoms with Gasteiger partial charge in [0.05, 0.1) is 5.71 Å². The Balaban J connectivity index is 1.62. The van der Waals surface area contributed by atoms with Crippen molar-refractivity contribution >= 4 is 23.2 Å². The lowest BCUT2D eigenvalue weighted by Crippen LogP contribution is -2.29. The van der Waals surface area contributed by atoms with Gasteiger partial charge in [-0.1, -0.05) is 42.5 Å². The van der Waals surface area contributed by atoms with Crippen molar-refractivity contribution in [2.75, 3.05) is 6.61 Å². The van der Waals surface area contributed by atoms with Crippen LogP contribution in [0.25, 0.3) is 0 Å². The van der Waals surface area contributed by atoms with Crippen LogP contribution in [0.15, 0.2) is 59.7 Å². The smallest absolute Gasteiger partial charge is 0.277 e. The lowest BCUT2D eigenvalue weighted by atomic mass is 9.99. The molecule has 2 aromatic carbocycles. The summed E-state index contributed by atoms with van der Waals surface area (Å²) in [6.45, 7) is 1.33. The van der Waals surface area contributed by atoms with Crippen LogP contribution in [0.4, 0.5) is 0 Å². The number of rotatable bonds is 5. The molecule has 0 fully saturated rings. The monoisotopic (exact) mass is 336 g/mol. The molecule has 0 bridgehead atoms. The number of carbonyl (C=O) groups excluding carboxylic acids is 3. The van der Waals surface area contributed by atoms with Gasteiger partial charge >= 0.3 is 0 Å². The van der Waals surface area contributed by atoms with Crippen molar-refractivity contribution in [1.29, 1.82) is 0 Å². The van der Waals surface area contributed by atoms with Gasteiger partial charge in [-0.2, -0.15) is 5.10 Å². The van der Waals surface area contributed by atoms with Gasteiger partial charge in [-0.25, -0.2) is 5.43 Å². The number of carbonyl (C=O) groups is 3. The Morgan fingerprint density at radius 1 is 1.00 bits per heavy atom. The second-order valence-corrected chi connectivity index (χ2v) is 5.60. The molecule has 0 saturated carbocycles. The zero-order valence-electron chi connectivity index (χ0n) is 13.6. The number of amides is 1. The number of para-hydroxylation sites is 1. The van der Waals surface area contributed by atoms with Crippen LogP contribution in [0.3, 0.4) is 0 Å². The van der Waals surface area contributed by atoms with Crippen LogP contribution in [0.5, 0.6) is 5.75 Å². The van der Waals surface area contributed by atoms with Gasteiger partial charge in [0, 0.05) is 11.1 Å². The molecular weight excluding hydrogens is 320 g/mol. The van der Waals surface area contributed by atoms with E-state index in [4.69, 9.17) is 4.74 Å². The van der Waals surface area contributed by atoms with Crippen LogP contribution in [-0.2, 0) is 4.79 Å². The van der Waals surface area contributed by atoms with Crippen LogP contribution < -0.4 is 10.2 Å². The van der Waals surface area contributed by atoms with Crippen molar-refractivity contribution in [1.82, 2.24) is 5.43 Å². The molecule has 1 aliphatic rings. The van der Waals surface area contributed by atoms with Crippen LogP contribution in [-0.4, -0.2) is 29.8 Å². The van der Waals surface area contributed by atoms with Gasteiger partial charge < -0.3 is 4.74 Å². The van der Waals surface area contributed by atoms with E-state index in [1.54, 1.807) is 55.5 Å². The van der Waals surface area contributed by atoms with E-state index in [0.29, 0.717) is 16.9 Å². The van der Waals surface area contributed by atoms with E-state index in [0.717, 1.165) is 0 Å². The minimum atomic E-state index is -0.979. The number of fused-ring (bicyclic) bond motifs is 1. The summed E-state index contributed by atoms with van der Waals surface area (Å²) in [4.78, 5) is 36.5. The first-order valence-corrected chi connectivity index (χ1v) is 7.76. The van der Waals surface area contributed by atoms with E-state index in [1.807, 2.05) is 6.07 Å². The van der Waals surface area contributed by atoms with Crippen molar-refractivity contribution in [2.45, 2.75) is 6.92 Å². The third kappa shape index (κ3) is 3.47. The maximum absolute atomic E-state index is 12.4. The number of Topliss-reactive ketones (excluding diaryl/α,β-unsaturated/α-hetero) is 2. The number of hydrazone groups is 1. The average molecular weight is 336 g/mol. The minimum absolute atomic E-state index is 0.215. The molecule has 6 heteroatoms. The first kappa shape index (κ1) is 16.6. The highest BCUT2D eigenvalue weighted by Gasteiger charge is 2.40. The molecule has 2 aromatic rings. The van der Waals surface area contributed by atoms with Crippen LogP contribution in [0, 0.1) is 5.92 Å². The van der Waals surface area contributed by atoms with E-state index in [-0.39, 0.29) is 23.9 Å². The average Bonchev–Trinajstić information content (AvgIpc) is 2.90. The molecule has 0 spiro atoms. The number of hydrogen-bond donors (Lipinski definition) is 1.